The van der Waals surface area contributed by atoms with Gasteiger partial charge in [-0.15, -0.1) is 0 Å². The van der Waals surface area contributed by atoms with Crippen molar-refractivity contribution in [2.75, 3.05) is 6.54 Å². The highest BCUT2D eigenvalue weighted by atomic mass is 15.2. The van der Waals surface area contributed by atoms with Gasteiger partial charge in [-0.25, -0.2) is 0 Å². The van der Waals surface area contributed by atoms with Gasteiger partial charge in [-0.1, -0.05) is 24.6 Å². The molecular formula is C16H21N3. The monoisotopic (exact) mass is 255 g/mol. The Balaban J connectivity index is 1.60. The summed E-state index contributed by atoms with van der Waals surface area (Å²) in [5, 5.41) is 8.96. The van der Waals surface area contributed by atoms with E-state index < -0.39 is 0 Å². The van der Waals surface area contributed by atoms with Crippen molar-refractivity contribution in [2.45, 2.75) is 44.7 Å². The van der Waals surface area contributed by atoms with E-state index in [2.05, 4.69) is 39.4 Å². The predicted molar refractivity (Wildman–Crippen MR) is 76.9 cm³/mol. The number of nitrogens with zero attached hydrogens (tertiary/aromatic N) is 2. The van der Waals surface area contributed by atoms with Gasteiger partial charge in [0, 0.05) is 18.0 Å². The van der Waals surface area contributed by atoms with Crippen LogP contribution in [0.5, 0.6) is 0 Å². The van der Waals surface area contributed by atoms with E-state index in [-0.39, 0.29) is 0 Å². The average Bonchev–Trinajstić information content (AvgIpc) is 3.06. The van der Waals surface area contributed by atoms with Crippen LogP contribution in [0.1, 0.15) is 37.8 Å². The number of nitrogens with one attached hydrogen (secondary N) is 1. The Hall–Kier alpha value is -1.35. The van der Waals surface area contributed by atoms with Crippen molar-refractivity contribution in [3.8, 4) is 0 Å². The molecule has 1 N–H and O–H groups in total. The molecule has 2 fully saturated rings. The molecule has 1 aliphatic heterocycles. The Morgan fingerprint density at radius 1 is 1.16 bits per heavy atom. The average molecular weight is 255 g/mol. The topological polar surface area (TPSA) is 31.9 Å². The normalized spacial score (nSPS) is 27.8. The van der Waals surface area contributed by atoms with E-state index in [1.165, 1.54) is 49.7 Å². The lowest BCUT2D eigenvalue weighted by Crippen LogP contribution is -2.41. The number of hydrogen-bond donors (Lipinski definition) is 1. The zero-order chi connectivity index (χ0) is 12.7. The van der Waals surface area contributed by atoms with Crippen LogP contribution >= 0.6 is 0 Å². The maximum atomic E-state index is 4.42. The van der Waals surface area contributed by atoms with Crippen LogP contribution in [-0.4, -0.2) is 27.7 Å². The molecule has 1 aromatic heterocycles. The van der Waals surface area contributed by atoms with Crippen LogP contribution in [0.25, 0.3) is 10.9 Å². The quantitative estimate of drug-likeness (QED) is 0.892. The summed E-state index contributed by atoms with van der Waals surface area (Å²) in [5.41, 5.74) is 2.39. The second kappa shape index (κ2) is 4.64. The minimum Gasteiger partial charge on any atom is -0.294 e. The fourth-order valence-electron chi connectivity index (χ4n) is 4.09. The van der Waals surface area contributed by atoms with E-state index in [1.54, 1.807) is 0 Å². The largest absolute Gasteiger partial charge is 0.294 e. The summed E-state index contributed by atoms with van der Waals surface area (Å²) in [7, 11) is 0. The summed E-state index contributed by atoms with van der Waals surface area (Å²) in [6.45, 7) is 2.30. The first-order valence-electron chi connectivity index (χ1n) is 7.58. The maximum Gasteiger partial charge on any atom is 0.0924 e. The first-order chi connectivity index (χ1) is 9.42. The number of fused-ring (bicyclic) bond motifs is 2. The summed E-state index contributed by atoms with van der Waals surface area (Å²) in [6.07, 6.45) is 7.09. The van der Waals surface area contributed by atoms with Gasteiger partial charge < -0.3 is 0 Å². The first kappa shape index (κ1) is 11.5. The lowest BCUT2D eigenvalue weighted by Gasteiger charge is -2.37. The maximum absolute atomic E-state index is 4.42. The minimum atomic E-state index is 0.829. The molecule has 1 aromatic carbocycles. The van der Waals surface area contributed by atoms with Crippen LogP contribution in [0.4, 0.5) is 0 Å². The number of para-hydroxylation sites is 1. The SMILES string of the molecule is c1ccc2c(CN3CCCC4CCCC43)[nH]nc2c1. The molecule has 0 spiro atoms. The van der Waals surface area contributed by atoms with Crippen LogP contribution in [0.2, 0.25) is 0 Å². The molecule has 0 bridgehead atoms. The van der Waals surface area contributed by atoms with Crippen molar-refractivity contribution in [1.29, 1.82) is 0 Å². The zero-order valence-corrected chi connectivity index (χ0v) is 11.3. The number of aromatic nitrogens is 2. The Kier molecular flexibility index (Phi) is 2.80. The molecule has 1 aliphatic carbocycles. The lowest BCUT2D eigenvalue weighted by atomic mass is 9.92. The van der Waals surface area contributed by atoms with E-state index in [0.29, 0.717) is 0 Å². The summed E-state index contributed by atoms with van der Waals surface area (Å²) < 4.78 is 0. The Morgan fingerprint density at radius 2 is 2.05 bits per heavy atom. The van der Waals surface area contributed by atoms with E-state index >= 15 is 0 Å². The van der Waals surface area contributed by atoms with Crippen molar-refractivity contribution in [2.24, 2.45) is 5.92 Å². The number of rotatable bonds is 2. The molecule has 2 aliphatic rings. The van der Waals surface area contributed by atoms with E-state index in [9.17, 15) is 0 Å². The van der Waals surface area contributed by atoms with Gasteiger partial charge in [0.25, 0.3) is 0 Å². The van der Waals surface area contributed by atoms with Gasteiger partial charge in [0.1, 0.15) is 0 Å². The van der Waals surface area contributed by atoms with Crippen molar-refractivity contribution in [3.05, 3.63) is 30.0 Å². The number of H-pyrrole nitrogens is 1. The van der Waals surface area contributed by atoms with Crippen molar-refractivity contribution in [1.82, 2.24) is 15.1 Å². The van der Waals surface area contributed by atoms with E-state index in [4.69, 9.17) is 0 Å². The van der Waals surface area contributed by atoms with Crippen LogP contribution in [0.15, 0.2) is 24.3 Å². The molecule has 3 heteroatoms. The molecule has 1 saturated heterocycles. The third kappa shape index (κ3) is 1.96. The second-order valence-electron chi connectivity index (χ2n) is 6.09. The van der Waals surface area contributed by atoms with Crippen LogP contribution in [0.3, 0.4) is 0 Å². The van der Waals surface area contributed by atoms with E-state index in [0.717, 1.165) is 24.0 Å². The third-order valence-electron chi connectivity index (χ3n) is 5.01. The molecule has 4 rings (SSSR count). The number of hydrogen-bond acceptors (Lipinski definition) is 2. The molecule has 0 amide bonds. The molecule has 2 atom stereocenters. The van der Waals surface area contributed by atoms with Crippen molar-refractivity contribution >= 4 is 10.9 Å². The molecule has 2 aromatic rings. The van der Waals surface area contributed by atoms with E-state index in [1.807, 2.05) is 0 Å². The molecule has 3 nitrogen and oxygen atoms in total. The molecule has 2 unspecified atom stereocenters. The molecule has 0 radical (unpaired) electrons. The molecule has 19 heavy (non-hydrogen) atoms. The fourth-order valence-corrected chi connectivity index (χ4v) is 4.09. The second-order valence-corrected chi connectivity index (χ2v) is 6.09. The third-order valence-corrected chi connectivity index (χ3v) is 5.01. The fraction of sp³-hybridized carbons (Fsp3) is 0.562. The highest BCUT2D eigenvalue weighted by Crippen LogP contribution is 2.37. The summed E-state index contributed by atoms with van der Waals surface area (Å²) in [6, 6.07) is 9.26. The van der Waals surface area contributed by atoms with Crippen LogP contribution in [0, 0.1) is 5.92 Å². The Labute approximate surface area is 114 Å². The van der Waals surface area contributed by atoms with Gasteiger partial charge in [0.05, 0.1) is 11.2 Å². The van der Waals surface area contributed by atoms with Gasteiger partial charge in [-0.2, -0.15) is 5.10 Å². The zero-order valence-electron chi connectivity index (χ0n) is 11.3. The van der Waals surface area contributed by atoms with Crippen LogP contribution < -0.4 is 0 Å². The lowest BCUT2D eigenvalue weighted by molar-refractivity contribution is 0.105. The van der Waals surface area contributed by atoms with Crippen LogP contribution in [-0.2, 0) is 6.54 Å². The summed E-state index contributed by atoms with van der Waals surface area (Å²) in [5.74, 6) is 0.961. The van der Waals surface area contributed by atoms with Gasteiger partial charge in [-0.3, -0.25) is 10.00 Å². The molecule has 100 valence electrons. The Morgan fingerprint density at radius 3 is 3.05 bits per heavy atom. The van der Waals surface area contributed by atoms with Crippen molar-refractivity contribution in [3.63, 3.8) is 0 Å². The highest BCUT2D eigenvalue weighted by Gasteiger charge is 2.35. The molecular weight excluding hydrogens is 234 g/mol. The number of aromatic amines is 1. The molecule has 2 heterocycles. The first-order valence-corrected chi connectivity index (χ1v) is 7.58. The standard InChI is InChI=1S/C16H21N3/c1-2-8-14-13(7-1)15(18-17-14)11-19-10-4-6-12-5-3-9-16(12)19/h1-2,7-8,12,16H,3-6,9-11H2,(H,17,18). The highest BCUT2D eigenvalue weighted by molar-refractivity contribution is 5.81. The predicted octanol–water partition coefficient (Wildman–Crippen LogP) is 3.33. The minimum absolute atomic E-state index is 0.829. The van der Waals surface area contributed by atoms with Crippen molar-refractivity contribution < 1.29 is 0 Å². The molecule has 1 saturated carbocycles. The number of likely N-dealkylation sites (tertiary alicyclic amines) is 1. The Bertz CT molecular complexity index is 574. The number of benzene rings is 1. The van der Waals surface area contributed by atoms with Gasteiger partial charge in [0.15, 0.2) is 0 Å². The summed E-state index contributed by atoms with van der Waals surface area (Å²) in [4.78, 5) is 2.70. The van der Waals surface area contributed by atoms with Gasteiger partial charge >= 0.3 is 0 Å². The summed E-state index contributed by atoms with van der Waals surface area (Å²) >= 11 is 0. The van der Waals surface area contributed by atoms with Gasteiger partial charge in [-0.05, 0) is 44.2 Å². The smallest absolute Gasteiger partial charge is 0.0924 e. The number of piperidine rings is 1. The van der Waals surface area contributed by atoms with Gasteiger partial charge in [0.2, 0.25) is 0 Å².